The zero-order chi connectivity index (χ0) is 22.7. The molecule has 8 nitrogen and oxygen atoms in total. The third-order valence-electron chi connectivity index (χ3n) is 4.65. The maximum atomic E-state index is 14.4. The predicted molar refractivity (Wildman–Crippen MR) is 109 cm³/mol. The van der Waals surface area contributed by atoms with Gasteiger partial charge in [0.05, 0.1) is 19.4 Å². The van der Waals surface area contributed by atoms with Crippen LogP contribution in [0, 0.1) is 11.6 Å². The molecule has 10 heteroatoms. The lowest BCUT2D eigenvalue weighted by atomic mass is 10.2. The Kier molecular flexibility index (Phi) is 5.75. The van der Waals surface area contributed by atoms with Crippen LogP contribution in [0.25, 0.3) is 5.69 Å². The Labute approximate surface area is 179 Å². The number of benzene rings is 2. The van der Waals surface area contributed by atoms with Gasteiger partial charge in [0.2, 0.25) is 5.69 Å². The highest BCUT2D eigenvalue weighted by molar-refractivity contribution is 5.91. The molecule has 0 aliphatic rings. The van der Waals surface area contributed by atoms with Gasteiger partial charge >= 0.3 is 5.69 Å². The summed E-state index contributed by atoms with van der Waals surface area (Å²) in [6.45, 7) is -0.515. The maximum Gasteiger partial charge on any atom is 0.352 e. The molecule has 0 unspecified atom stereocenters. The lowest BCUT2D eigenvalue weighted by Crippen LogP contribution is -2.46. The first-order valence-corrected chi connectivity index (χ1v) is 9.49. The second kappa shape index (κ2) is 8.80. The first-order valence-electron chi connectivity index (χ1n) is 9.49. The molecule has 1 amide bonds. The van der Waals surface area contributed by atoms with E-state index in [9.17, 15) is 23.2 Å². The first kappa shape index (κ1) is 20.9. The zero-order valence-corrected chi connectivity index (χ0v) is 16.5. The Balaban J connectivity index is 1.83. The molecule has 0 atom stereocenters. The highest BCUT2D eigenvalue weighted by Gasteiger charge is 2.22. The third kappa shape index (κ3) is 4.10. The van der Waals surface area contributed by atoms with Crippen molar-refractivity contribution in [3.8, 4) is 5.69 Å². The minimum absolute atomic E-state index is 0.0416. The zero-order valence-electron chi connectivity index (χ0n) is 16.5. The van der Waals surface area contributed by atoms with E-state index in [0.717, 1.165) is 6.07 Å². The normalized spacial score (nSPS) is 10.8. The van der Waals surface area contributed by atoms with Crippen molar-refractivity contribution in [1.29, 1.82) is 0 Å². The van der Waals surface area contributed by atoms with Crippen molar-refractivity contribution in [1.82, 2.24) is 19.7 Å². The highest BCUT2D eigenvalue weighted by atomic mass is 19.1. The number of halogens is 2. The van der Waals surface area contributed by atoms with Crippen molar-refractivity contribution in [2.45, 2.75) is 13.1 Å². The summed E-state index contributed by atoms with van der Waals surface area (Å²) in [5, 5.41) is 6.29. The molecule has 4 rings (SSSR count). The van der Waals surface area contributed by atoms with Crippen LogP contribution in [0.1, 0.15) is 21.8 Å². The van der Waals surface area contributed by atoms with Gasteiger partial charge in [-0.3, -0.25) is 14.2 Å². The highest BCUT2D eigenvalue weighted by Crippen LogP contribution is 2.10. The Morgan fingerprint density at radius 3 is 2.38 bits per heavy atom. The van der Waals surface area contributed by atoms with Crippen LogP contribution in [-0.2, 0) is 13.1 Å². The fourth-order valence-electron chi connectivity index (χ4n) is 3.04. The van der Waals surface area contributed by atoms with Crippen molar-refractivity contribution >= 4 is 5.91 Å². The fraction of sp³-hybridized carbons (Fsp3) is 0.0909. The van der Waals surface area contributed by atoms with E-state index < -0.39 is 41.0 Å². The van der Waals surface area contributed by atoms with Crippen molar-refractivity contribution < 1.29 is 18.0 Å². The molecule has 0 saturated heterocycles. The minimum atomic E-state index is -1.04. The van der Waals surface area contributed by atoms with Crippen LogP contribution in [-0.4, -0.2) is 20.3 Å². The number of hydrogen-bond acceptors (Lipinski definition) is 5. The molecule has 0 aliphatic heterocycles. The van der Waals surface area contributed by atoms with E-state index in [1.54, 1.807) is 12.1 Å². The summed E-state index contributed by atoms with van der Waals surface area (Å²) in [7, 11) is 0. The number of carbonyl (C=O) groups excluding carboxylic acids is 1. The lowest BCUT2D eigenvalue weighted by Gasteiger charge is -2.13. The maximum absolute atomic E-state index is 14.4. The molecule has 0 radical (unpaired) electrons. The predicted octanol–water partition coefficient (Wildman–Crippen LogP) is 2.24. The lowest BCUT2D eigenvalue weighted by molar-refractivity contribution is 0.0938. The van der Waals surface area contributed by atoms with E-state index in [1.807, 2.05) is 0 Å². The first-order chi connectivity index (χ1) is 15.5. The molecule has 162 valence electrons. The molecular formula is C22H16F2N4O4. The fourth-order valence-corrected chi connectivity index (χ4v) is 3.04. The van der Waals surface area contributed by atoms with Crippen LogP contribution >= 0.6 is 0 Å². The summed E-state index contributed by atoms with van der Waals surface area (Å²) in [5.74, 6) is -1.91. The van der Waals surface area contributed by atoms with Gasteiger partial charge < -0.3 is 9.73 Å². The van der Waals surface area contributed by atoms with Crippen molar-refractivity contribution in [2.24, 2.45) is 0 Å². The van der Waals surface area contributed by atoms with Crippen LogP contribution in [0.15, 0.2) is 80.9 Å². The summed E-state index contributed by atoms with van der Waals surface area (Å²) in [4.78, 5) is 38.7. The molecule has 2 heterocycles. The van der Waals surface area contributed by atoms with Gasteiger partial charge in [0.1, 0.15) is 23.1 Å². The van der Waals surface area contributed by atoms with E-state index in [4.69, 9.17) is 4.42 Å². The second-order valence-electron chi connectivity index (χ2n) is 6.74. The smallest absolute Gasteiger partial charge is 0.352 e. The molecule has 4 aromatic rings. The number of rotatable bonds is 6. The van der Waals surface area contributed by atoms with Gasteiger partial charge in [-0.05, 0) is 30.3 Å². The molecule has 1 N–H and O–H groups in total. The second-order valence-corrected chi connectivity index (χ2v) is 6.74. The Bertz CT molecular complexity index is 1390. The summed E-state index contributed by atoms with van der Waals surface area (Å²) in [6.07, 6.45) is 1.42. The van der Waals surface area contributed by atoms with Gasteiger partial charge in [-0.2, -0.15) is 9.78 Å². The SMILES string of the molecule is O=C(NCc1ccco1)c1nn(-c2ccccc2F)c(=O)n(Cc2ccccc2F)c1=O. The number of nitrogens with one attached hydrogen (secondary N) is 1. The average molecular weight is 438 g/mol. The van der Waals surface area contributed by atoms with Crippen molar-refractivity contribution in [3.63, 3.8) is 0 Å². The molecule has 0 spiro atoms. The summed E-state index contributed by atoms with van der Waals surface area (Å²) >= 11 is 0. The minimum Gasteiger partial charge on any atom is -0.467 e. The molecule has 0 aliphatic carbocycles. The third-order valence-corrected chi connectivity index (χ3v) is 4.65. The van der Waals surface area contributed by atoms with Gasteiger partial charge in [-0.25, -0.2) is 13.6 Å². The van der Waals surface area contributed by atoms with Crippen LogP contribution in [0.4, 0.5) is 8.78 Å². The van der Waals surface area contributed by atoms with Gasteiger partial charge in [-0.1, -0.05) is 30.3 Å². The van der Waals surface area contributed by atoms with Crippen LogP contribution < -0.4 is 16.6 Å². The summed E-state index contributed by atoms with van der Waals surface area (Å²) in [6, 6.07) is 14.1. The van der Waals surface area contributed by atoms with E-state index >= 15 is 0 Å². The molecule has 2 aromatic heterocycles. The van der Waals surface area contributed by atoms with Crippen LogP contribution in [0.5, 0.6) is 0 Å². The molecular weight excluding hydrogens is 422 g/mol. The van der Waals surface area contributed by atoms with Gasteiger partial charge in [0.15, 0.2) is 0 Å². The Morgan fingerprint density at radius 2 is 1.69 bits per heavy atom. The van der Waals surface area contributed by atoms with E-state index in [1.165, 1.54) is 48.7 Å². The molecule has 0 fully saturated rings. The number of amides is 1. The monoisotopic (exact) mass is 438 g/mol. The van der Waals surface area contributed by atoms with E-state index in [0.29, 0.717) is 15.0 Å². The number of furan rings is 1. The van der Waals surface area contributed by atoms with E-state index in [-0.39, 0.29) is 17.8 Å². The number of aromatic nitrogens is 3. The molecule has 0 bridgehead atoms. The van der Waals surface area contributed by atoms with Gasteiger partial charge in [0.25, 0.3) is 11.5 Å². The largest absolute Gasteiger partial charge is 0.467 e. The van der Waals surface area contributed by atoms with Crippen LogP contribution in [0.2, 0.25) is 0 Å². The summed E-state index contributed by atoms with van der Waals surface area (Å²) in [5.41, 5.74) is -2.94. The quantitative estimate of drug-likeness (QED) is 0.498. The van der Waals surface area contributed by atoms with Crippen molar-refractivity contribution in [2.75, 3.05) is 0 Å². The topological polar surface area (TPSA) is 99.1 Å². The average Bonchev–Trinajstić information content (AvgIpc) is 3.31. The molecule has 32 heavy (non-hydrogen) atoms. The van der Waals surface area contributed by atoms with Crippen molar-refractivity contribution in [3.05, 3.63) is 116 Å². The number of hydrogen-bond donors (Lipinski definition) is 1. The Hall–Kier alpha value is -4.34. The molecule has 0 saturated carbocycles. The number of carbonyl (C=O) groups is 1. The summed E-state index contributed by atoms with van der Waals surface area (Å²) < 4.78 is 34.9. The molecule has 2 aromatic carbocycles. The number of para-hydroxylation sites is 1. The van der Waals surface area contributed by atoms with Crippen LogP contribution in [0.3, 0.4) is 0 Å². The van der Waals surface area contributed by atoms with E-state index in [2.05, 4.69) is 10.4 Å². The standard InChI is InChI=1S/C22H16F2N4O4/c23-16-8-2-1-6-14(16)13-27-21(30)19(20(29)25-12-15-7-5-11-32-15)26-28(22(27)31)18-10-4-3-9-17(18)24/h1-11H,12-13H2,(H,25,29). The Morgan fingerprint density at radius 1 is 0.969 bits per heavy atom. The van der Waals surface area contributed by atoms with Gasteiger partial charge in [0, 0.05) is 5.56 Å². The number of nitrogens with zero attached hydrogens (tertiary/aromatic N) is 3. The van der Waals surface area contributed by atoms with Gasteiger partial charge in [-0.15, -0.1) is 0 Å².